The minimum Gasteiger partial charge on any atom is -0.381 e. The van der Waals surface area contributed by atoms with E-state index in [1.54, 1.807) is 6.20 Å². The topological polar surface area (TPSA) is 50.4 Å². The summed E-state index contributed by atoms with van der Waals surface area (Å²) >= 11 is 0. The summed E-state index contributed by atoms with van der Waals surface area (Å²) in [5.41, 5.74) is 0. The Balaban J connectivity index is 3.18. The Kier molecular flexibility index (Phi) is 11.3. The molecule has 4 heteroatoms. The second-order valence-corrected chi connectivity index (χ2v) is 3.53. The van der Waals surface area contributed by atoms with E-state index in [0.29, 0.717) is 13.2 Å². The van der Waals surface area contributed by atoms with E-state index >= 15 is 0 Å². The van der Waals surface area contributed by atoms with Crippen LogP contribution in [0.2, 0.25) is 0 Å². The first kappa shape index (κ1) is 15.0. The summed E-state index contributed by atoms with van der Waals surface area (Å²) in [6.07, 6.45) is 7.60. The lowest BCUT2D eigenvalue weighted by Gasteiger charge is -2.05. The van der Waals surface area contributed by atoms with Crippen molar-refractivity contribution in [3.05, 3.63) is 12.3 Å². The maximum absolute atomic E-state index is 11.1. The van der Waals surface area contributed by atoms with Gasteiger partial charge in [0.05, 0.1) is 0 Å². The van der Waals surface area contributed by atoms with Crippen molar-refractivity contribution in [1.29, 1.82) is 0 Å². The lowest BCUT2D eigenvalue weighted by Crippen LogP contribution is -2.33. The number of allylic oxidation sites excluding steroid dienone is 1. The maximum Gasteiger partial charge on any atom is 0.318 e. The standard InChI is InChI=1S/C12H24N2O2/c1-3-5-8-13-12(15)14-9-7-11-16-10-6-4-2/h5,8H,3-4,6-7,9-11H2,1-2H3,(H2,13,14,15)/b8-5+. The molecule has 0 spiro atoms. The number of carbonyl (C=O) groups excluding carboxylic acids is 1. The number of urea groups is 1. The molecule has 2 amide bonds. The highest BCUT2D eigenvalue weighted by Gasteiger charge is 1.95. The second kappa shape index (κ2) is 12.0. The highest BCUT2D eigenvalue weighted by Crippen LogP contribution is 1.88. The fraction of sp³-hybridized carbons (Fsp3) is 0.750. The van der Waals surface area contributed by atoms with Crippen molar-refractivity contribution in [3.63, 3.8) is 0 Å². The summed E-state index contributed by atoms with van der Waals surface area (Å²) in [4.78, 5) is 11.1. The van der Waals surface area contributed by atoms with E-state index in [1.807, 2.05) is 13.0 Å². The lowest BCUT2D eigenvalue weighted by atomic mass is 10.4. The fourth-order valence-electron chi connectivity index (χ4n) is 1.03. The van der Waals surface area contributed by atoms with Crippen molar-refractivity contribution in [2.45, 2.75) is 39.5 Å². The van der Waals surface area contributed by atoms with Crippen molar-refractivity contribution >= 4 is 6.03 Å². The molecule has 2 N–H and O–H groups in total. The number of nitrogens with one attached hydrogen (secondary N) is 2. The van der Waals surface area contributed by atoms with E-state index in [9.17, 15) is 4.79 Å². The van der Waals surface area contributed by atoms with Gasteiger partial charge in [-0.25, -0.2) is 4.79 Å². The molecule has 94 valence electrons. The summed E-state index contributed by atoms with van der Waals surface area (Å²) in [6, 6.07) is -0.154. The second-order valence-electron chi connectivity index (χ2n) is 3.53. The van der Waals surface area contributed by atoms with Crippen LogP contribution in [0, 0.1) is 0 Å². The molecular formula is C12H24N2O2. The number of rotatable bonds is 9. The number of hydrogen-bond acceptors (Lipinski definition) is 2. The summed E-state index contributed by atoms with van der Waals surface area (Å²) in [5.74, 6) is 0. The van der Waals surface area contributed by atoms with Crippen LogP contribution in [-0.2, 0) is 4.74 Å². The van der Waals surface area contributed by atoms with Gasteiger partial charge in [-0.1, -0.05) is 26.3 Å². The zero-order valence-corrected chi connectivity index (χ0v) is 10.4. The maximum atomic E-state index is 11.1. The van der Waals surface area contributed by atoms with Gasteiger partial charge in [0.1, 0.15) is 0 Å². The third kappa shape index (κ3) is 11.0. The summed E-state index contributed by atoms with van der Waals surface area (Å²) in [6.45, 7) is 6.34. The van der Waals surface area contributed by atoms with Gasteiger partial charge in [-0.2, -0.15) is 0 Å². The zero-order valence-electron chi connectivity index (χ0n) is 10.4. The van der Waals surface area contributed by atoms with Gasteiger partial charge in [0.2, 0.25) is 0 Å². The molecule has 0 fully saturated rings. The van der Waals surface area contributed by atoms with Crippen LogP contribution in [-0.4, -0.2) is 25.8 Å². The third-order valence-electron chi connectivity index (χ3n) is 1.96. The van der Waals surface area contributed by atoms with E-state index in [-0.39, 0.29) is 6.03 Å². The Bertz CT molecular complexity index is 193. The average Bonchev–Trinajstić information content (AvgIpc) is 2.28. The molecule has 0 saturated heterocycles. The van der Waals surface area contributed by atoms with Gasteiger partial charge in [0.25, 0.3) is 0 Å². The number of carbonyl (C=O) groups is 1. The van der Waals surface area contributed by atoms with Gasteiger partial charge in [-0.3, -0.25) is 0 Å². The Morgan fingerprint density at radius 1 is 1.25 bits per heavy atom. The smallest absolute Gasteiger partial charge is 0.318 e. The molecule has 0 atom stereocenters. The molecular weight excluding hydrogens is 204 g/mol. The number of unbranched alkanes of at least 4 members (excludes halogenated alkanes) is 1. The Morgan fingerprint density at radius 2 is 2.00 bits per heavy atom. The van der Waals surface area contributed by atoms with Gasteiger partial charge in [0.15, 0.2) is 0 Å². The van der Waals surface area contributed by atoms with Crippen molar-refractivity contribution < 1.29 is 9.53 Å². The normalized spacial score (nSPS) is 10.6. The molecule has 0 bridgehead atoms. The molecule has 0 aliphatic carbocycles. The summed E-state index contributed by atoms with van der Waals surface area (Å²) < 4.78 is 5.37. The molecule has 0 aliphatic heterocycles. The molecule has 4 nitrogen and oxygen atoms in total. The van der Waals surface area contributed by atoms with Crippen molar-refractivity contribution in [1.82, 2.24) is 10.6 Å². The van der Waals surface area contributed by atoms with E-state index in [2.05, 4.69) is 17.6 Å². The van der Waals surface area contributed by atoms with Gasteiger partial charge in [-0.15, -0.1) is 0 Å². The van der Waals surface area contributed by atoms with Crippen LogP contribution >= 0.6 is 0 Å². The molecule has 0 heterocycles. The average molecular weight is 228 g/mol. The molecule has 0 saturated carbocycles. The summed E-state index contributed by atoms with van der Waals surface area (Å²) in [5, 5.41) is 5.37. The Hall–Kier alpha value is -1.03. The fourth-order valence-corrected chi connectivity index (χ4v) is 1.03. The Labute approximate surface area is 98.4 Å². The van der Waals surface area contributed by atoms with Gasteiger partial charge >= 0.3 is 6.03 Å². The molecule has 0 unspecified atom stereocenters. The largest absolute Gasteiger partial charge is 0.381 e. The van der Waals surface area contributed by atoms with E-state index in [1.165, 1.54) is 0 Å². The quantitative estimate of drug-likeness (QED) is 0.595. The highest BCUT2D eigenvalue weighted by molar-refractivity contribution is 5.74. The first-order valence-electron chi connectivity index (χ1n) is 6.08. The first-order chi connectivity index (χ1) is 7.81. The van der Waals surface area contributed by atoms with Crippen LogP contribution in [0.5, 0.6) is 0 Å². The van der Waals surface area contributed by atoms with Crippen LogP contribution in [0.25, 0.3) is 0 Å². The monoisotopic (exact) mass is 228 g/mol. The predicted octanol–water partition coefficient (Wildman–Crippen LogP) is 2.42. The highest BCUT2D eigenvalue weighted by atomic mass is 16.5. The SMILES string of the molecule is CC/C=C/NC(=O)NCCCOCCCC. The zero-order chi connectivity index (χ0) is 12.1. The number of amides is 2. The Morgan fingerprint density at radius 3 is 2.69 bits per heavy atom. The van der Waals surface area contributed by atoms with Crippen molar-refractivity contribution in [2.24, 2.45) is 0 Å². The molecule has 0 aromatic carbocycles. The summed E-state index contributed by atoms with van der Waals surface area (Å²) in [7, 11) is 0. The minimum absolute atomic E-state index is 0.154. The predicted molar refractivity (Wildman–Crippen MR) is 66.3 cm³/mol. The molecule has 0 aromatic heterocycles. The van der Waals surface area contributed by atoms with Crippen LogP contribution in [0.4, 0.5) is 4.79 Å². The number of ether oxygens (including phenoxy) is 1. The third-order valence-corrected chi connectivity index (χ3v) is 1.96. The molecule has 16 heavy (non-hydrogen) atoms. The van der Waals surface area contributed by atoms with Crippen molar-refractivity contribution in [3.8, 4) is 0 Å². The van der Waals surface area contributed by atoms with Crippen LogP contribution < -0.4 is 10.6 Å². The molecule has 0 aliphatic rings. The van der Waals surface area contributed by atoms with Crippen molar-refractivity contribution in [2.75, 3.05) is 19.8 Å². The lowest BCUT2D eigenvalue weighted by molar-refractivity contribution is 0.129. The van der Waals surface area contributed by atoms with Gasteiger partial charge in [-0.05, 0) is 19.3 Å². The number of hydrogen-bond donors (Lipinski definition) is 2. The van der Waals surface area contributed by atoms with Crippen LogP contribution in [0.1, 0.15) is 39.5 Å². The minimum atomic E-state index is -0.154. The van der Waals surface area contributed by atoms with Crippen LogP contribution in [0.15, 0.2) is 12.3 Å². The molecule has 0 radical (unpaired) electrons. The molecule has 0 aromatic rings. The molecule has 0 rings (SSSR count). The van der Waals surface area contributed by atoms with Gasteiger partial charge in [0, 0.05) is 26.0 Å². The van der Waals surface area contributed by atoms with E-state index < -0.39 is 0 Å². The van der Waals surface area contributed by atoms with E-state index in [0.717, 1.165) is 32.3 Å². The van der Waals surface area contributed by atoms with Gasteiger partial charge < -0.3 is 15.4 Å². The first-order valence-corrected chi connectivity index (χ1v) is 6.08. The van der Waals surface area contributed by atoms with E-state index in [4.69, 9.17) is 4.74 Å². The van der Waals surface area contributed by atoms with Crippen LogP contribution in [0.3, 0.4) is 0 Å².